The van der Waals surface area contributed by atoms with Crippen LogP contribution in [0.1, 0.15) is 42.3 Å². The quantitative estimate of drug-likeness (QED) is 0.0346. The summed E-state index contributed by atoms with van der Waals surface area (Å²) >= 11 is 0. The third kappa shape index (κ3) is 15.2. The van der Waals surface area contributed by atoms with Crippen molar-refractivity contribution < 1.29 is 77.5 Å². The molecule has 0 radical (unpaired) electrons. The molecule has 350 valence electrons. The lowest BCUT2D eigenvalue weighted by Gasteiger charge is -2.16. The van der Waals surface area contributed by atoms with Crippen molar-refractivity contribution in [2.24, 2.45) is 0 Å². The Hall–Kier alpha value is -9.18. The number of aromatic hydroxyl groups is 4. The summed E-state index contributed by atoms with van der Waals surface area (Å²) in [5, 5.41) is 37.0. The van der Waals surface area contributed by atoms with Gasteiger partial charge in [0.2, 0.25) is 5.79 Å². The molecule has 0 spiro atoms. The Labute approximate surface area is 390 Å². The summed E-state index contributed by atoms with van der Waals surface area (Å²) in [6, 6.07) is 32.5. The van der Waals surface area contributed by atoms with Gasteiger partial charge in [-0.05, 0) is 103 Å². The van der Waals surface area contributed by atoms with Crippen LogP contribution in [0.5, 0.6) is 69.0 Å². The standard InChI is InChI=1S/C18H16O7.C18H16O4.C16H14O5/c1-11(2)18(22)25-13-5-3-12(4-6-13)24-17(21)10-23-14-7-8-15(19)16(20)9-14;1-4-12-5-7-13(8-6-12)17(19)20-14-9-10-15-16(11-14)22-18(2,3)21-15;1-2-11-3-5-12(6-4-11)21-16(19)10-20-13-7-8-14(17)15(18)9-13/h3-9,19-20H,1,10H2,2H3;4-11H,1H2,2-3H3;2-9,17-18H,1,10H2. The minimum absolute atomic E-state index is 0.203. The number of hydrogen-bond acceptors (Lipinski definition) is 16. The van der Waals surface area contributed by atoms with E-state index < -0.39 is 36.3 Å². The molecule has 0 fully saturated rings. The van der Waals surface area contributed by atoms with E-state index in [1.54, 1.807) is 66.7 Å². The summed E-state index contributed by atoms with van der Waals surface area (Å²) in [6.45, 7) is 15.3. The first-order chi connectivity index (χ1) is 32.4. The normalized spacial score (nSPS) is 11.4. The van der Waals surface area contributed by atoms with Gasteiger partial charge < -0.3 is 58.3 Å². The van der Waals surface area contributed by atoms with Gasteiger partial charge in [0.1, 0.15) is 34.5 Å². The Kier molecular flexibility index (Phi) is 17.0. The van der Waals surface area contributed by atoms with E-state index in [-0.39, 0.29) is 52.4 Å². The SMILES string of the molecule is C=C(C)C(=O)Oc1ccc(OC(=O)COc2ccc(O)c(O)c2)cc1.C=Cc1ccc(C(=O)Oc2ccc3c(c2)OC(C)(C)O3)cc1.C=Cc1ccc(OC(=O)COc2ccc(O)c(O)c2)cc1. The molecule has 0 aliphatic carbocycles. The predicted octanol–water partition coefficient (Wildman–Crippen LogP) is 9.34. The first-order valence-electron chi connectivity index (χ1n) is 20.3. The second-order valence-electron chi connectivity index (χ2n) is 14.7. The number of ether oxygens (including phenoxy) is 8. The van der Waals surface area contributed by atoms with Crippen molar-refractivity contribution in [3.8, 4) is 69.0 Å². The fraction of sp³-hybridized carbons (Fsp3) is 0.115. The Morgan fingerprint density at radius 3 is 1.38 bits per heavy atom. The van der Waals surface area contributed by atoms with Crippen molar-refractivity contribution in [2.45, 2.75) is 26.6 Å². The van der Waals surface area contributed by atoms with Crippen LogP contribution in [0, 0.1) is 0 Å². The summed E-state index contributed by atoms with van der Waals surface area (Å²) in [6.07, 6.45) is 3.40. The third-order valence-corrected chi connectivity index (χ3v) is 8.79. The first-order valence-corrected chi connectivity index (χ1v) is 20.3. The summed E-state index contributed by atoms with van der Waals surface area (Å²) in [5.41, 5.74) is 2.61. The van der Waals surface area contributed by atoms with Gasteiger partial charge in [-0.3, -0.25) is 0 Å². The van der Waals surface area contributed by atoms with Gasteiger partial charge in [-0.2, -0.15) is 0 Å². The van der Waals surface area contributed by atoms with E-state index in [4.69, 9.17) is 43.0 Å². The topological polar surface area (TPSA) is 223 Å². The molecule has 16 nitrogen and oxygen atoms in total. The van der Waals surface area contributed by atoms with Crippen LogP contribution >= 0.6 is 0 Å². The molecule has 7 rings (SSSR count). The summed E-state index contributed by atoms with van der Waals surface area (Å²) in [5.74, 6) is -1.11. The second-order valence-corrected chi connectivity index (χ2v) is 14.7. The zero-order valence-corrected chi connectivity index (χ0v) is 37.0. The molecule has 0 saturated heterocycles. The molecule has 0 aromatic heterocycles. The lowest BCUT2D eigenvalue weighted by Crippen LogP contribution is -2.29. The van der Waals surface area contributed by atoms with Gasteiger partial charge in [-0.25, -0.2) is 19.2 Å². The predicted molar refractivity (Wildman–Crippen MR) is 248 cm³/mol. The number of phenolic OH excluding ortho intramolecular Hbond substituents is 4. The van der Waals surface area contributed by atoms with Crippen LogP contribution in [-0.2, 0) is 14.4 Å². The number of hydrogen-bond donors (Lipinski definition) is 4. The van der Waals surface area contributed by atoms with Gasteiger partial charge >= 0.3 is 23.9 Å². The number of benzene rings is 6. The number of carbonyl (C=O) groups is 4. The van der Waals surface area contributed by atoms with Crippen LogP contribution in [-0.4, -0.2) is 63.3 Å². The highest BCUT2D eigenvalue weighted by Gasteiger charge is 2.32. The van der Waals surface area contributed by atoms with E-state index in [2.05, 4.69) is 19.7 Å². The zero-order chi connectivity index (χ0) is 49.4. The molecule has 1 heterocycles. The number of fused-ring (bicyclic) bond motifs is 1. The number of phenols is 4. The maximum absolute atomic E-state index is 12.1. The maximum Gasteiger partial charge on any atom is 0.349 e. The first kappa shape index (κ1) is 49.8. The van der Waals surface area contributed by atoms with Crippen molar-refractivity contribution in [3.63, 3.8) is 0 Å². The maximum atomic E-state index is 12.1. The average molecular weight is 927 g/mol. The third-order valence-electron chi connectivity index (χ3n) is 8.79. The van der Waals surface area contributed by atoms with E-state index >= 15 is 0 Å². The Balaban J connectivity index is 0.000000191. The number of carbonyl (C=O) groups excluding carboxylic acids is 4. The second kappa shape index (κ2) is 23.1. The molecule has 0 saturated carbocycles. The van der Waals surface area contributed by atoms with E-state index in [0.29, 0.717) is 34.3 Å². The Morgan fingerprint density at radius 2 is 0.926 bits per heavy atom. The van der Waals surface area contributed by atoms with Gasteiger partial charge in [0.05, 0.1) is 5.56 Å². The fourth-order valence-corrected chi connectivity index (χ4v) is 5.42. The summed E-state index contributed by atoms with van der Waals surface area (Å²) in [7, 11) is 0. The highest BCUT2D eigenvalue weighted by Crippen LogP contribution is 2.41. The zero-order valence-electron chi connectivity index (χ0n) is 37.0. The molecule has 1 aliphatic heterocycles. The molecule has 0 unspecified atom stereocenters. The van der Waals surface area contributed by atoms with Gasteiger partial charge in [0.25, 0.3) is 0 Å². The molecule has 68 heavy (non-hydrogen) atoms. The van der Waals surface area contributed by atoms with E-state index in [1.165, 1.54) is 67.6 Å². The van der Waals surface area contributed by atoms with Crippen molar-refractivity contribution in [3.05, 3.63) is 169 Å². The van der Waals surface area contributed by atoms with E-state index in [0.717, 1.165) is 11.1 Å². The van der Waals surface area contributed by atoms with Crippen LogP contribution in [0.4, 0.5) is 0 Å². The monoisotopic (exact) mass is 926 g/mol. The van der Waals surface area contributed by atoms with Gasteiger partial charge in [0, 0.05) is 37.6 Å². The largest absolute Gasteiger partial charge is 0.504 e. The van der Waals surface area contributed by atoms with E-state index in [9.17, 15) is 34.5 Å². The van der Waals surface area contributed by atoms with Crippen LogP contribution in [0.15, 0.2) is 153 Å². The molecule has 0 amide bonds. The van der Waals surface area contributed by atoms with Crippen molar-refractivity contribution in [2.75, 3.05) is 13.2 Å². The molecule has 0 atom stereocenters. The van der Waals surface area contributed by atoms with Crippen molar-refractivity contribution >= 4 is 36.0 Å². The van der Waals surface area contributed by atoms with Crippen LogP contribution in [0.25, 0.3) is 12.2 Å². The Morgan fingerprint density at radius 1 is 0.515 bits per heavy atom. The molecule has 16 heteroatoms. The van der Waals surface area contributed by atoms with Crippen LogP contribution in [0.2, 0.25) is 0 Å². The average Bonchev–Trinajstić information content (AvgIpc) is 3.64. The molecule has 4 N–H and O–H groups in total. The van der Waals surface area contributed by atoms with Crippen molar-refractivity contribution in [1.82, 2.24) is 0 Å². The fourth-order valence-electron chi connectivity index (χ4n) is 5.42. The summed E-state index contributed by atoms with van der Waals surface area (Å²) in [4.78, 5) is 46.9. The number of esters is 4. The molecular formula is C52H46O16. The lowest BCUT2D eigenvalue weighted by molar-refractivity contribution is -0.137. The van der Waals surface area contributed by atoms with Crippen molar-refractivity contribution in [1.29, 1.82) is 0 Å². The molecule has 1 aliphatic rings. The highest BCUT2D eigenvalue weighted by atomic mass is 16.7. The van der Waals surface area contributed by atoms with E-state index in [1.807, 2.05) is 26.0 Å². The smallest absolute Gasteiger partial charge is 0.349 e. The number of rotatable bonds is 14. The van der Waals surface area contributed by atoms with Gasteiger partial charge in [-0.15, -0.1) is 0 Å². The lowest BCUT2D eigenvalue weighted by atomic mass is 10.1. The van der Waals surface area contributed by atoms with Crippen LogP contribution < -0.4 is 37.9 Å². The molecular weight excluding hydrogens is 881 g/mol. The summed E-state index contributed by atoms with van der Waals surface area (Å²) < 4.78 is 42.1. The van der Waals surface area contributed by atoms with Gasteiger partial charge in [-0.1, -0.05) is 56.2 Å². The Bertz CT molecular complexity index is 2780. The minimum atomic E-state index is -0.703. The minimum Gasteiger partial charge on any atom is -0.504 e. The highest BCUT2D eigenvalue weighted by molar-refractivity contribution is 5.91. The molecule has 6 aromatic carbocycles. The molecule has 6 aromatic rings. The van der Waals surface area contributed by atoms with Crippen LogP contribution in [0.3, 0.4) is 0 Å². The van der Waals surface area contributed by atoms with Gasteiger partial charge in [0.15, 0.2) is 47.7 Å². The molecule has 0 bridgehead atoms.